The normalized spacial score (nSPS) is 14.8. The topological polar surface area (TPSA) is 192 Å². The molecule has 70 heavy (non-hydrogen) atoms. The summed E-state index contributed by atoms with van der Waals surface area (Å²) in [6, 6.07) is 19.9. The fourth-order valence-corrected chi connectivity index (χ4v) is 8.06. The molecule has 17 heteroatoms. The third-order valence-electron chi connectivity index (χ3n) is 12.2. The number of fused-ring (bicyclic) bond motifs is 1. The minimum atomic E-state index is -0.856. The van der Waals surface area contributed by atoms with Crippen molar-refractivity contribution in [3.05, 3.63) is 116 Å². The maximum Gasteiger partial charge on any atom is 0.498 e. The first-order valence-corrected chi connectivity index (χ1v) is 23.1. The fourth-order valence-electron chi connectivity index (χ4n) is 8.06. The molecule has 2 aliphatic rings. The first kappa shape index (κ1) is 56.4. The molecule has 1 fully saturated rings. The number of benzene rings is 4. The van der Waals surface area contributed by atoms with Crippen molar-refractivity contribution < 1.29 is 43.0 Å². The van der Waals surface area contributed by atoms with Crippen molar-refractivity contribution in [2.24, 2.45) is 0 Å². The van der Waals surface area contributed by atoms with Crippen molar-refractivity contribution in [1.29, 1.82) is 5.26 Å². The lowest BCUT2D eigenvalue weighted by Crippen LogP contribution is -2.56. The summed E-state index contributed by atoms with van der Waals surface area (Å²) in [5.41, 5.74) is 11.0. The van der Waals surface area contributed by atoms with Crippen LogP contribution >= 0.6 is 0 Å². The number of carbonyl (C=O) groups excluding carboxylic acids is 4. The molecule has 0 radical (unpaired) electrons. The molecule has 0 unspecified atom stereocenters. The molecule has 6 rings (SSSR count). The molecule has 4 aromatic rings. The maximum absolute atomic E-state index is 13.6. The number of nitrogens with one attached hydrogen (secondary N) is 3. The van der Waals surface area contributed by atoms with Gasteiger partial charge in [0, 0.05) is 50.9 Å². The smallest absolute Gasteiger partial charge is 0.492 e. The Morgan fingerprint density at radius 1 is 0.714 bits per heavy atom. The monoisotopic (exact) mass is 959 g/mol. The molecule has 0 saturated carbocycles. The summed E-state index contributed by atoms with van der Waals surface area (Å²) in [4.78, 5) is 53.6. The second-order valence-corrected chi connectivity index (χ2v) is 20.8. The van der Waals surface area contributed by atoms with Crippen LogP contribution in [0.3, 0.4) is 0 Å². The Morgan fingerprint density at radius 3 is 1.54 bits per heavy atom. The van der Waals surface area contributed by atoms with Crippen molar-refractivity contribution in [2.45, 2.75) is 140 Å². The van der Waals surface area contributed by atoms with Crippen molar-refractivity contribution >= 4 is 48.7 Å². The van der Waals surface area contributed by atoms with Gasteiger partial charge < -0.3 is 29.0 Å². The largest absolute Gasteiger partial charge is 0.498 e. The van der Waals surface area contributed by atoms with Gasteiger partial charge in [0.25, 0.3) is 23.6 Å². The van der Waals surface area contributed by atoms with Crippen LogP contribution in [0.4, 0.5) is 0 Å². The van der Waals surface area contributed by atoms with Gasteiger partial charge >= 0.3 is 14.2 Å². The first-order chi connectivity index (χ1) is 32.0. The Hall–Kier alpha value is -6.18. The van der Waals surface area contributed by atoms with E-state index in [0.29, 0.717) is 69.0 Å². The van der Waals surface area contributed by atoms with Crippen LogP contribution in [0.2, 0.25) is 0 Å². The SMILES string of the molecule is C.Cc1cc(C)cc(C(=O)N(NC(=O)c2ccc(B3OC(C)(C)C(C)(C)O3)c(OCC#N)c2C)C(C)(C)C)c1.Cc1cc(C)cc(C(=O)N(NC(=O)c2ccc3c(c2C)OCCNB3O)C(C)(C)C)c1. The van der Waals surface area contributed by atoms with Gasteiger partial charge in [0.05, 0.1) is 28.9 Å². The number of hydrogen-bond donors (Lipinski definition) is 4. The molecule has 4 aromatic carbocycles. The van der Waals surface area contributed by atoms with Gasteiger partial charge in [-0.05, 0) is 147 Å². The minimum Gasteiger partial charge on any atom is -0.492 e. The Bertz CT molecular complexity index is 2610. The van der Waals surface area contributed by atoms with Crippen LogP contribution in [-0.2, 0) is 9.31 Å². The highest BCUT2D eigenvalue weighted by atomic mass is 16.7. The van der Waals surface area contributed by atoms with Crippen molar-refractivity contribution in [1.82, 2.24) is 26.1 Å². The zero-order valence-electron chi connectivity index (χ0n) is 43.1. The number of hydrazine groups is 2. The molecular formula is C53H72B2N6O9. The van der Waals surface area contributed by atoms with Gasteiger partial charge in [-0.2, -0.15) is 5.26 Å². The molecule has 4 N–H and O–H groups in total. The number of rotatable bonds is 7. The molecule has 2 heterocycles. The molecule has 0 bridgehead atoms. The predicted octanol–water partition coefficient (Wildman–Crippen LogP) is 6.90. The molecular weight excluding hydrogens is 886 g/mol. The molecule has 1 saturated heterocycles. The summed E-state index contributed by atoms with van der Waals surface area (Å²) < 4.78 is 24.0. The van der Waals surface area contributed by atoms with Crippen molar-refractivity contribution in [2.75, 3.05) is 19.8 Å². The Morgan fingerprint density at radius 2 is 1.13 bits per heavy atom. The molecule has 0 aliphatic carbocycles. The summed E-state index contributed by atoms with van der Waals surface area (Å²) in [6.07, 6.45) is 0. The number of nitrogens with zero attached hydrogens (tertiary/aromatic N) is 3. The van der Waals surface area contributed by atoms with Crippen LogP contribution in [0.5, 0.6) is 11.5 Å². The van der Waals surface area contributed by atoms with Crippen molar-refractivity contribution in [3.8, 4) is 17.6 Å². The van der Waals surface area contributed by atoms with Gasteiger partial charge in [0.2, 0.25) is 0 Å². The van der Waals surface area contributed by atoms with Crippen LogP contribution in [0, 0.1) is 52.9 Å². The number of ether oxygens (including phenoxy) is 2. The zero-order chi connectivity index (χ0) is 51.6. The highest BCUT2D eigenvalue weighted by Crippen LogP contribution is 2.38. The molecule has 15 nitrogen and oxygen atoms in total. The Balaban J connectivity index is 0.000000306. The Kier molecular flexibility index (Phi) is 17.6. The van der Waals surface area contributed by atoms with Crippen LogP contribution in [0.25, 0.3) is 0 Å². The van der Waals surface area contributed by atoms with E-state index in [1.807, 2.05) is 127 Å². The molecule has 374 valence electrons. The lowest BCUT2D eigenvalue weighted by Gasteiger charge is -2.36. The van der Waals surface area contributed by atoms with Gasteiger partial charge in [-0.1, -0.05) is 53.9 Å². The van der Waals surface area contributed by atoms with E-state index in [-0.39, 0.29) is 25.8 Å². The highest BCUT2D eigenvalue weighted by molar-refractivity contribution is 6.65. The van der Waals surface area contributed by atoms with Crippen LogP contribution in [0.15, 0.2) is 60.7 Å². The van der Waals surface area contributed by atoms with E-state index < -0.39 is 48.3 Å². The molecule has 4 amide bonds. The van der Waals surface area contributed by atoms with Crippen molar-refractivity contribution in [3.63, 3.8) is 0 Å². The van der Waals surface area contributed by atoms with Gasteiger partial charge in [-0.3, -0.25) is 30.0 Å². The van der Waals surface area contributed by atoms with Gasteiger partial charge in [-0.25, -0.2) is 10.0 Å². The van der Waals surface area contributed by atoms with Gasteiger partial charge in [-0.15, -0.1) is 0 Å². The molecule has 0 aromatic heterocycles. The Labute approximate surface area is 415 Å². The summed E-state index contributed by atoms with van der Waals surface area (Å²) >= 11 is 0. The van der Waals surface area contributed by atoms with Crippen LogP contribution in [0.1, 0.15) is 151 Å². The summed E-state index contributed by atoms with van der Waals surface area (Å²) in [5.74, 6) is -0.643. The standard InChI is InChI=1S/C29H38BN3O5.C23H30BN3O4.CH4/c1-18-15-19(2)17-21(16-18)26(35)33(27(4,5)6)32-25(34)22-11-12-23(24(20(22)3)36-14-13-31)30-37-28(7,8)29(9,10)38-30;1-14-11-15(2)13-17(12-14)22(29)27(23(4,5)6)26-21(28)18-7-8-19-20(16(18)3)31-10-9-25-24(19)30;/h11-12,15-17H,14H2,1-10H3,(H,32,34);7-8,11-13,25,30H,9-10H2,1-6H3,(H,26,28);1H4. The fraction of sp³-hybridized carbons (Fsp3) is 0.453. The third kappa shape index (κ3) is 12.8. The quantitative estimate of drug-likeness (QED) is 0.111. The number of carbonyl (C=O) groups is 4. The predicted molar refractivity (Wildman–Crippen MR) is 276 cm³/mol. The van der Waals surface area contributed by atoms with E-state index in [1.54, 1.807) is 50.2 Å². The zero-order valence-corrected chi connectivity index (χ0v) is 43.1. The van der Waals surface area contributed by atoms with Crippen LogP contribution < -0.4 is 36.5 Å². The number of hydrogen-bond acceptors (Lipinski definition) is 11. The third-order valence-corrected chi connectivity index (χ3v) is 12.2. The number of nitriles is 1. The molecule has 0 spiro atoms. The van der Waals surface area contributed by atoms with Gasteiger partial charge in [0.15, 0.2) is 6.61 Å². The first-order valence-electron chi connectivity index (χ1n) is 23.1. The summed E-state index contributed by atoms with van der Waals surface area (Å²) in [7, 11) is -1.59. The van der Waals surface area contributed by atoms with E-state index in [4.69, 9.17) is 18.8 Å². The average molecular weight is 959 g/mol. The summed E-state index contributed by atoms with van der Waals surface area (Å²) in [5, 5.41) is 25.1. The van der Waals surface area contributed by atoms with E-state index in [2.05, 4.69) is 16.1 Å². The van der Waals surface area contributed by atoms with E-state index in [9.17, 15) is 29.5 Å². The van der Waals surface area contributed by atoms with E-state index in [1.165, 1.54) is 10.0 Å². The van der Waals surface area contributed by atoms with E-state index >= 15 is 0 Å². The van der Waals surface area contributed by atoms with Gasteiger partial charge in [0.1, 0.15) is 17.6 Å². The number of amides is 4. The van der Waals surface area contributed by atoms with E-state index in [0.717, 1.165) is 22.3 Å². The minimum absolute atomic E-state index is 0. The molecule has 2 aliphatic heterocycles. The summed E-state index contributed by atoms with van der Waals surface area (Å²) in [6.45, 7) is 30.9. The lowest BCUT2D eigenvalue weighted by molar-refractivity contribution is 0.00578. The van der Waals surface area contributed by atoms with Crippen LogP contribution in [-0.4, -0.2) is 94.9 Å². The highest BCUT2D eigenvalue weighted by Gasteiger charge is 2.53. The second-order valence-electron chi connectivity index (χ2n) is 20.8. The molecule has 0 atom stereocenters. The maximum atomic E-state index is 13.6. The lowest BCUT2D eigenvalue weighted by atomic mass is 9.72. The second kappa shape index (κ2) is 21.9. The average Bonchev–Trinajstić information content (AvgIpc) is 3.32. The number of aryl methyl sites for hydroxylation is 4.